The minimum Gasteiger partial charge on any atom is -0.323 e. The van der Waals surface area contributed by atoms with Crippen LogP contribution in [0.1, 0.15) is 19.3 Å². The Labute approximate surface area is 220 Å². The minimum absolute atomic E-state index is 0.0637. The topological polar surface area (TPSA) is 83.0 Å². The summed E-state index contributed by atoms with van der Waals surface area (Å²) in [6.45, 7) is 2.66. The monoisotopic (exact) mass is 510 g/mol. The number of rotatable bonds is 5. The number of halogens is 1. The van der Waals surface area contributed by atoms with E-state index >= 15 is 0 Å². The average molecular weight is 511 g/mol. The Kier molecular flexibility index (Phi) is 6.32. The van der Waals surface area contributed by atoms with Gasteiger partial charge in [0.1, 0.15) is 0 Å². The van der Waals surface area contributed by atoms with Gasteiger partial charge >= 0.3 is 0 Å². The van der Waals surface area contributed by atoms with Crippen molar-refractivity contribution in [1.29, 1.82) is 0 Å². The van der Waals surface area contributed by atoms with Gasteiger partial charge in [0.05, 0.1) is 40.7 Å². The third kappa shape index (κ3) is 4.92. The first-order chi connectivity index (χ1) is 18.1. The second-order valence-corrected chi connectivity index (χ2v) is 10.2. The molecule has 0 aliphatic carbocycles. The Bertz CT molecular complexity index is 1440. The fourth-order valence-electron chi connectivity index (χ4n) is 5.30. The molecule has 7 nitrogen and oxygen atoms in total. The Hall–Kier alpha value is -3.81. The SMILES string of the molecule is O=C1CC2(CCNCC2)CN1c1cncc(Nc2ncc(Cl)c(-c3cccc(-c4ccccc4)c3)n2)c1. The molecule has 1 spiro atoms. The number of pyridine rings is 1. The van der Waals surface area contributed by atoms with E-state index in [4.69, 9.17) is 16.6 Å². The van der Waals surface area contributed by atoms with Crippen LogP contribution in [0.5, 0.6) is 0 Å². The van der Waals surface area contributed by atoms with Gasteiger partial charge in [-0.3, -0.25) is 9.78 Å². The predicted molar refractivity (Wildman–Crippen MR) is 147 cm³/mol. The first kappa shape index (κ1) is 23.6. The first-order valence-electron chi connectivity index (χ1n) is 12.5. The quantitative estimate of drug-likeness (QED) is 0.358. The second-order valence-electron chi connectivity index (χ2n) is 9.80. The largest absolute Gasteiger partial charge is 0.323 e. The molecule has 0 radical (unpaired) electrons. The van der Waals surface area contributed by atoms with Crippen molar-refractivity contribution in [3.63, 3.8) is 0 Å². The molecule has 2 fully saturated rings. The van der Waals surface area contributed by atoms with Crippen LogP contribution in [0.2, 0.25) is 5.02 Å². The highest BCUT2D eigenvalue weighted by Gasteiger charge is 2.44. The summed E-state index contributed by atoms with van der Waals surface area (Å²) in [5.41, 5.74) is 5.31. The van der Waals surface area contributed by atoms with Crippen molar-refractivity contribution in [2.45, 2.75) is 19.3 Å². The lowest BCUT2D eigenvalue weighted by Crippen LogP contribution is -2.38. The molecule has 0 bridgehead atoms. The van der Waals surface area contributed by atoms with Gasteiger partial charge in [-0.25, -0.2) is 9.97 Å². The number of anilines is 3. The van der Waals surface area contributed by atoms with Crippen LogP contribution in [0.15, 0.2) is 79.3 Å². The van der Waals surface area contributed by atoms with Crippen molar-refractivity contribution in [3.8, 4) is 22.4 Å². The molecule has 0 atom stereocenters. The van der Waals surface area contributed by atoms with E-state index in [9.17, 15) is 4.79 Å². The fourth-order valence-corrected chi connectivity index (χ4v) is 5.50. The van der Waals surface area contributed by atoms with E-state index in [1.807, 2.05) is 41.3 Å². The third-order valence-corrected chi connectivity index (χ3v) is 7.54. The van der Waals surface area contributed by atoms with Crippen molar-refractivity contribution in [2.24, 2.45) is 5.41 Å². The highest BCUT2D eigenvalue weighted by Crippen LogP contribution is 2.41. The molecule has 0 saturated carbocycles. The molecule has 2 saturated heterocycles. The number of carbonyl (C=O) groups is 1. The van der Waals surface area contributed by atoms with E-state index in [-0.39, 0.29) is 11.3 Å². The van der Waals surface area contributed by atoms with Gasteiger partial charge in [-0.2, -0.15) is 0 Å². The highest BCUT2D eigenvalue weighted by atomic mass is 35.5. The molecular weight excluding hydrogens is 484 g/mol. The Morgan fingerprint density at radius 2 is 1.70 bits per heavy atom. The van der Waals surface area contributed by atoms with E-state index in [1.165, 1.54) is 0 Å². The summed E-state index contributed by atoms with van der Waals surface area (Å²) >= 11 is 6.52. The predicted octanol–water partition coefficient (Wildman–Crippen LogP) is 5.71. The van der Waals surface area contributed by atoms with Gasteiger partial charge in [0.25, 0.3) is 0 Å². The van der Waals surface area contributed by atoms with Gasteiger partial charge in [-0.05, 0) is 54.6 Å². The van der Waals surface area contributed by atoms with Crippen molar-refractivity contribution in [3.05, 3.63) is 84.3 Å². The molecule has 0 unspecified atom stereocenters. The van der Waals surface area contributed by atoms with Gasteiger partial charge in [0.2, 0.25) is 11.9 Å². The lowest BCUT2D eigenvalue weighted by molar-refractivity contribution is -0.117. The van der Waals surface area contributed by atoms with Gasteiger partial charge in [-0.15, -0.1) is 0 Å². The molecule has 2 aliphatic heterocycles. The van der Waals surface area contributed by atoms with Gasteiger partial charge in [0.15, 0.2) is 0 Å². The summed E-state index contributed by atoms with van der Waals surface area (Å²) in [6.07, 6.45) is 7.69. The van der Waals surface area contributed by atoms with Crippen LogP contribution in [-0.2, 0) is 4.79 Å². The standard InChI is InChI=1S/C29H27ClN6O/c30-25-18-33-28(35-27(25)22-8-4-7-21(13-22)20-5-2-1-3-6-20)34-23-14-24(17-32-16-23)36-19-29(15-26(36)37)9-11-31-12-10-29/h1-8,13-14,16-18,31H,9-12,15,19H2,(H,33,34,35). The smallest absolute Gasteiger partial charge is 0.227 e. The molecule has 2 N–H and O–H groups in total. The summed E-state index contributed by atoms with van der Waals surface area (Å²) < 4.78 is 0. The first-order valence-corrected chi connectivity index (χ1v) is 12.9. The molecule has 186 valence electrons. The van der Waals surface area contributed by atoms with E-state index < -0.39 is 0 Å². The highest BCUT2D eigenvalue weighted by molar-refractivity contribution is 6.32. The summed E-state index contributed by atoms with van der Waals surface area (Å²) in [7, 11) is 0. The maximum atomic E-state index is 12.9. The summed E-state index contributed by atoms with van der Waals surface area (Å²) in [5.74, 6) is 0.565. The van der Waals surface area contributed by atoms with Crippen molar-refractivity contribution in [1.82, 2.24) is 20.3 Å². The van der Waals surface area contributed by atoms with Crippen LogP contribution >= 0.6 is 11.6 Å². The Morgan fingerprint density at radius 3 is 2.54 bits per heavy atom. The Balaban J connectivity index is 1.24. The average Bonchev–Trinajstić information content (AvgIpc) is 3.25. The third-order valence-electron chi connectivity index (χ3n) is 7.26. The second kappa shape index (κ2) is 9.92. The summed E-state index contributed by atoms with van der Waals surface area (Å²) in [4.78, 5) is 28.3. The number of nitrogens with zero attached hydrogens (tertiary/aromatic N) is 4. The number of benzene rings is 2. The zero-order valence-electron chi connectivity index (χ0n) is 20.3. The van der Waals surface area contributed by atoms with E-state index in [1.54, 1.807) is 18.6 Å². The van der Waals surface area contributed by atoms with Crippen LogP contribution in [0, 0.1) is 5.41 Å². The van der Waals surface area contributed by atoms with Crippen molar-refractivity contribution >= 4 is 34.8 Å². The molecule has 4 heterocycles. The molecule has 8 heteroatoms. The van der Waals surface area contributed by atoms with Crippen molar-refractivity contribution < 1.29 is 4.79 Å². The molecule has 4 aromatic rings. The lowest BCUT2D eigenvalue weighted by Gasteiger charge is -2.33. The van der Waals surface area contributed by atoms with Crippen LogP contribution in [0.4, 0.5) is 17.3 Å². The maximum absolute atomic E-state index is 12.9. The van der Waals surface area contributed by atoms with E-state index in [2.05, 4.69) is 44.9 Å². The minimum atomic E-state index is 0.0637. The van der Waals surface area contributed by atoms with Crippen LogP contribution in [0.3, 0.4) is 0 Å². The van der Waals surface area contributed by atoms with Crippen LogP contribution in [-0.4, -0.2) is 40.5 Å². The molecule has 37 heavy (non-hydrogen) atoms. The van der Waals surface area contributed by atoms with Gasteiger partial charge in [-0.1, -0.05) is 60.1 Å². The molecule has 2 aromatic heterocycles. The zero-order chi connectivity index (χ0) is 25.2. The summed E-state index contributed by atoms with van der Waals surface area (Å²) in [6, 6.07) is 20.2. The number of hydrogen-bond donors (Lipinski definition) is 2. The lowest BCUT2D eigenvalue weighted by atomic mass is 9.78. The zero-order valence-corrected chi connectivity index (χ0v) is 21.1. The Morgan fingerprint density at radius 1 is 0.919 bits per heavy atom. The molecule has 6 rings (SSSR count). The number of amides is 1. The van der Waals surface area contributed by atoms with Gasteiger partial charge in [0, 0.05) is 18.5 Å². The maximum Gasteiger partial charge on any atom is 0.227 e. The molecule has 2 aromatic carbocycles. The molecule has 1 amide bonds. The number of carbonyl (C=O) groups excluding carboxylic acids is 1. The van der Waals surface area contributed by atoms with E-state index in [0.29, 0.717) is 28.8 Å². The normalized spacial score (nSPS) is 16.8. The number of aromatic nitrogens is 3. The van der Waals surface area contributed by atoms with Crippen LogP contribution < -0.4 is 15.5 Å². The fraction of sp³-hybridized carbons (Fsp3) is 0.241. The molecule has 2 aliphatic rings. The van der Waals surface area contributed by atoms with Gasteiger partial charge < -0.3 is 15.5 Å². The molecular formula is C29H27ClN6O. The summed E-state index contributed by atoms with van der Waals surface area (Å²) in [5, 5.41) is 7.11. The number of piperidine rings is 1. The number of nitrogens with one attached hydrogen (secondary N) is 2. The van der Waals surface area contributed by atoms with Crippen LogP contribution in [0.25, 0.3) is 22.4 Å². The van der Waals surface area contributed by atoms with Crippen molar-refractivity contribution in [2.75, 3.05) is 29.9 Å². The number of hydrogen-bond acceptors (Lipinski definition) is 6. The van der Waals surface area contributed by atoms with E-state index in [0.717, 1.165) is 54.9 Å².